The second-order valence-electron chi connectivity index (χ2n) is 9.37. The van der Waals surface area contributed by atoms with Crippen molar-refractivity contribution in [3.8, 4) is 17.1 Å². The summed E-state index contributed by atoms with van der Waals surface area (Å²) in [7, 11) is -4.30. The van der Waals surface area contributed by atoms with Crippen LogP contribution in [0.3, 0.4) is 0 Å². The molecule has 1 saturated heterocycles. The van der Waals surface area contributed by atoms with E-state index in [4.69, 9.17) is 21.4 Å². The van der Waals surface area contributed by atoms with Crippen LogP contribution in [0.5, 0.6) is 0 Å². The van der Waals surface area contributed by atoms with E-state index >= 15 is 0 Å². The van der Waals surface area contributed by atoms with Crippen LogP contribution in [0.1, 0.15) is 5.56 Å². The molecule has 1 aromatic heterocycles. The average Bonchev–Trinajstić information content (AvgIpc) is 3.36. The van der Waals surface area contributed by atoms with Gasteiger partial charge in [-0.2, -0.15) is 0 Å². The Morgan fingerprint density at radius 1 is 0.902 bits per heavy atom. The van der Waals surface area contributed by atoms with Gasteiger partial charge < -0.3 is 4.84 Å². The number of halogens is 1. The molecule has 10 nitrogen and oxygen atoms in total. The number of sulfonamides is 1. The maximum absolute atomic E-state index is 13.6. The molecule has 0 aliphatic carbocycles. The minimum atomic E-state index is -4.30. The van der Waals surface area contributed by atoms with Gasteiger partial charge in [-0.3, -0.25) is 14.1 Å². The summed E-state index contributed by atoms with van der Waals surface area (Å²) in [5, 5.41) is 0.370. The fourth-order valence-electron chi connectivity index (χ4n) is 4.55. The lowest BCUT2D eigenvalue weighted by Crippen LogP contribution is -2.46. The normalized spacial score (nSPS) is 15.2. The number of carbonyl (C=O) groups is 1. The Morgan fingerprint density at radius 2 is 1.61 bits per heavy atom. The van der Waals surface area contributed by atoms with Crippen molar-refractivity contribution in [2.45, 2.75) is 12.3 Å². The van der Waals surface area contributed by atoms with Crippen LogP contribution in [-0.4, -0.2) is 29.3 Å². The van der Waals surface area contributed by atoms with E-state index in [1.165, 1.54) is 16.7 Å². The van der Waals surface area contributed by atoms with E-state index in [0.29, 0.717) is 38.7 Å². The van der Waals surface area contributed by atoms with Crippen LogP contribution in [0.4, 0.5) is 11.4 Å². The molecule has 1 aliphatic rings. The fraction of sp³-hybridized carbons (Fsp3) is 0.0690. The Labute approximate surface area is 239 Å². The van der Waals surface area contributed by atoms with Crippen molar-refractivity contribution in [1.82, 2.24) is 15.1 Å². The van der Waals surface area contributed by atoms with Crippen molar-refractivity contribution in [3.05, 3.63) is 118 Å². The average molecular weight is 588 g/mol. The molecule has 2 N–H and O–H groups in total. The summed E-state index contributed by atoms with van der Waals surface area (Å²) in [6.45, 7) is 1.89. The Bertz CT molecular complexity index is 1960. The van der Waals surface area contributed by atoms with Gasteiger partial charge in [0.25, 0.3) is 21.0 Å². The third-order valence-corrected chi connectivity index (χ3v) is 8.28. The Balaban J connectivity index is 1.36. The number of nitrogens with one attached hydrogen (secondary N) is 2. The number of hydrogen-bond donors (Lipinski definition) is 2. The first-order chi connectivity index (χ1) is 19.7. The van der Waals surface area contributed by atoms with Crippen LogP contribution in [-0.2, 0) is 19.7 Å². The van der Waals surface area contributed by atoms with Gasteiger partial charge in [0.15, 0.2) is 0 Å². The number of anilines is 2. The highest BCUT2D eigenvalue weighted by Gasteiger charge is 2.46. The van der Waals surface area contributed by atoms with Gasteiger partial charge in [0.05, 0.1) is 22.3 Å². The van der Waals surface area contributed by atoms with E-state index in [1.54, 1.807) is 84.9 Å². The third-order valence-electron chi connectivity index (χ3n) is 6.53. The van der Waals surface area contributed by atoms with Gasteiger partial charge in [-0.15, -0.1) is 0 Å². The van der Waals surface area contributed by atoms with E-state index in [-0.39, 0.29) is 11.2 Å². The maximum atomic E-state index is 13.6. The molecule has 4 aromatic carbocycles. The number of hydrazine groups is 1. The van der Waals surface area contributed by atoms with Crippen LogP contribution in [0.2, 0.25) is 5.02 Å². The summed E-state index contributed by atoms with van der Waals surface area (Å²) in [5.74, 6) is -0.604. The second-order valence-corrected chi connectivity index (χ2v) is 11.5. The van der Waals surface area contributed by atoms with Crippen molar-refractivity contribution in [3.63, 3.8) is 0 Å². The number of para-hydroxylation sites is 1. The number of nitrogens with zero attached hydrogens (tertiary/aromatic N) is 3. The van der Waals surface area contributed by atoms with Gasteiger partial charge in [0.1, 0.15) is 5.82 Å². The number of aryl methyl sites for hydroxylation is 1. The first kappa shape index (κ1) is 26.5. The molecule has 0 amide bonds. The standard InChI is InChI=1S/C29H22ClN5O5S/c1-18-9-13-23(14-10-18)35-28(29(37)40-33-35)41(38,39)32-21-11-15-22(16-12-21)34-26(19-5-4-6-20(30)17-19)31-25-8-3-2-7-24(25)27(34)36/h2-17,28,32-33H,1H3. The topological polar surface area (TPSA) is 123 Å². The van der Waals surface area contributed by atoms with Crippen LogP contribution in [0, 0.1) is 6.92 Å². The molecule has 0 bridgehead atoms. The molecule has 0 saturated carbocycles. The smallest absolute Gasteiger partial charge is 0.347 e. The molecule has 41 heavy (non-hydrogen) atoms. The van der Waals surface area contributed by atoms with E-state index in [2.05, 4.69) is 10.3 Å². The number of rotatable bonds is 6. The minimum absolute atomic E-state index is 0.184. The molecule has 2 heterocycles. The molecule has 1 fully saturated rings. The number of carbonyl (C=O) groups excluding carboxylic acids is 1. The molecule has 1 unspecified atom stereocenters. The van der Waals surface area contributed by atoms with Crippen molar-refractivity contribution in [2.24, 2.45) is 0 Å². The molecule has 6 rings (SSSR count). The zero-order valence-electron chi connectivity index (χ0n) is 21.5. The number of fused-ring (bicyclic) bond motifs is 1. The zero-order valence-corrected chi connectivity index (χ0v) is 23.1. The van der Waals surface area contributed by atoms with Crippen LogP contribution >= 0.6 is 11.6 Å². The van der Waals surface area contributed by atoms with Gasteiger partial charge in [-0.05, 0) is 67.6 Å². The largest absolute Gasteiger partial charge is 0.368 e. The lowest BCUT2D eigenvalue weighted by Gasteiger charge is -2.22. The molecular formula is C29H22ClN5O5S. The SMILES string of the molecule is Cc1ccc(N2NOC(=O)C2S(=O)(=O)Nc2ccc(-n3c(-c4cccc(Cl)c4)nc4ccccc4c3=O)cc2)cc1. The molecule has 1 atom stereocenters. The Kier molecular flexibility index (Phi) is 6.70. The summed E-state index contributed by atoms with van der Waals surface area (Å²) in [6.07, 6.45) is 0. The van der Waals surface area contributed by atoms with E-state index in [1.807, 2.05) is 6.92 Å². The lowest BCUT2D eigenvalue weighted by atomic mass is 10.1. The summed E-state index contributed by atoms with van der Waals surface area (Å²) in [5.41, 5.74) is 5.28. The molecule has 0 radical (unpaired) electrons. The number of hydrogen-bond acceptors (Lipinski definition) is 8. The third kappa shape index (κ3) is 5.02. The highest BCUT2D eigenvalue weighted by atomic mass is 35.5. The van der Waals surface area contributed by atoms with E-state index in [9.17, 15) is 18.0 Å². The number of aromatic nitrogens is 2. The monoisotopic (exact) mass is 587 g/mol. The van der Waals surface area contributed by atoms with Gasteiger partial charge in [-0.1, -0.05) is 59.2 Å². The zero-order chi connectivity index (χ0) is 28.7. The minimum Gasteiger partial charge on any atom is -0.347 e. The van der Waals surface area contributed by atoms with E-state index in [0.717, 1.165) is 10.6 Å². The van der Waals surface area contributed by atoms with Crippen LogP contribution in [0.25, 0.3) is 28.0 Å². The molecular weight excluding hydrogens is 566 g/mol. The molecule has 1 aliphatic heterocycles. The Morgan fingerprint density at radius 3 is 2.34 bits per heavy atom. The highest BCUT2D eigenvalue weighted by molar-refractivity contribution is 7.94. The summed E-state index contributed by atoms with van der Waals surface area (Å²) < 4.78 is 30.5. The second kappa shape index (κ2) is 10.4. The molecule has 12 heteroatoms. The van der Waals surface area contributed by atoms with Crippen molar-refractivity contribution in [2.75, 3.05) is 9.73 Å². The van der Waals surface area contributed by atoms with Gasteiger partial charge in [0, 0.05) is 16.3 Å². The molecule has 0 spiro atoms. The first-order valence-corrected chi connectivity index (χ1v) is 14.4. The lowest BCUT2D eigenvalue weighted by molar-refractivity contribution is -0.142. The first-order valence-electron chi connectivity index (χ1n) is 12.4. The van der Waals surface area contributed by atoms with Crippen molar-refractivity contribution >= 4 is 49.9 Å². The quantitative estimate of drug-likeness (QED) is 0.296. The Hall–Kier alpha value is -4.71. The van der Waals surface area contributed by atoms with Crippen LogP contribution < -0.4 is 20.9 Å². The van der Waals surface area contributed by atoms with Crippen LogP contribution in [0.15, 0.2) is 102 Å². The number of benzene rings is 4. The highest BCUT2D eigenvalue weighted by Crippen LogP contribution is 2.27. The fourth-order valence-corrected chi connectivity index (χ4v) is 6.06. The van der Waals surface area contributed by atoms with Crippen molar-refractivity contribution < 1.29 is 18.0 Å². The van der Waals surface area contributed by atoms with Gasteiger partial charge >= 0.3 is 5.97 Å². The molecule has 5 aromatic rings. The van der Waals surface area contributed by atoms with E-state index < -0.39 is 21.4 Å². The van der Waals surface area contributed by atoms with Gasteiger partial charge in [0.2, 0.25) is 0 Å². The van der Waals surface area contributed by atoms with Crippen molar-refractivity contribution in [1.29, 1.82) is 0 Å². The molecule has 206 valence electrons. The summed E-state index contributed by atoms with van der Waals surface area (Å²) in [6, 6.07) is 27.1. The summed E-state index contributed by atoms with van der Waals surface area (Å²) in [4.78, 5) is 35.7. The predicted molar refractivity (Wildman–Crippen MR) is 157 cm³/mol. The summed E-state index contributed by atoms with van der Waals surface area (Å²) >= 11 is 6.23. The predicted octanol–water partition coefficient (Wildman–Crippen LogP) is 4.57. The van der Waals surface area contributed by atoms with Gasteiger partial charge in [-0.25, -0.2) is 23.2 Å². The maximum Gasteiger partial charge on any atom is 0.368 e.